The van der Waals surface area contributed by atoms with Gasteiger partial charge in [0.25, 0.3) is 5.56 Å². The van der Waals surface area contributed by atoms with Crippen molar-refractivity contribution in [1.82, 2.24) is 19.5 Å². The SMILES string of the molecule is O=c1cc(-c2cccnc2)ncn1CC1CCN(c2ccncc2)CC1. The highest BCUT2D eigenvalue weighted by Crippen LogP contribution is 2.23. The molecule has 0 atom stereocenters. The maximum absolute atomic E-state index is 12.5. The highest BCUT2D eigenvalue weighted by molar-refractivity contribution is 5.56. The van der Waals surface area contributed by atoms with Gasteiger partial charge in [0.05, 0.1) is 12.0 Å². The molecule has 26 heavy (non-hydrogen) atoms. The first-order valence-corrected chi connectivity index (χ1v) is 8.91. The molecule has 1 saturated heterocycles. The Kier molecular flexibility index (Phi) is 4.73. The van der Waals surface area contributed by atoms with Crippen LogP contribution in [-0.4, -0.2) is 32.6 Å². The van der Waals surface area contributed by atoms with Gasteiger partial charge < -0.3 is 4.90 Å². The number of aromatic nitrogens is 4. The number of hydrogen-bond acceptors (Lipinski definition) is 5. The van der Waals surface area contributed by atoms with E-state index in [2.05, 4.69) is 19.9 Å². The molecule has 1 fully saturated rings. The fourth-order valence-corrected chi connectivity index (χ4v) is 3.44. The molecule has 0 bridgehead atoms. The van der Waals surface area contributed by atoms with Gasteiger partial charge >= 0.3 is 0 Å². The summed E-state index contributed by atoms with van der Waals surface area (Å²) in [7, 11) is 0. The first kappa shape index (κ1) is 16.4. The Labute approximate surface area is 152 Å². The van der Waals surface area contributed by atoms with E-state index in [-0.39, 0.29) is 5.56 Å². The van der Waals surface area contributed by atoms with Gasteiger partial charge in [-0.2, -0.15) is 0 Å². The van der Waals surface area contributed by atoms with Crippen LogP contribution in [0.2, 0.25) is 0 Å². The lowest BCUT2D eigenvalue weighted by Gasteiger charge is -2.33. The van der Waals surface area contributed by atoms with Crippen LogP contribution in [0.3, 0.4) is 0 Å². The average Bonchev–Trinajstić information content (AvgIpc) is 2.71. The summed E-state index contributed by atoms with van der Waals surface area (Å²) in [4.78, 5) is 27.4. The zero-order valence-electron chi connectivity index (χ0n) is 14.5. The molecule has 3 aromatic heterocycles. The number of anilines is 1. The van der Waals surface area contributed by atoms with Crippen LogP contribution >= 0.6 is 0 Å². The number of piperidine rings is 1. The van der Waals surface area contributed by atoms with E-state index >= 15 is 0 Å². The summed E-state index contributed by atoms with van der Waals surface area (Å²) in [6.07, 6.45) is 10.9. The monoisotopic (exact) mass is 347 g/mol. The summed E-state index contributed by atoms with van der Waals surface area (Å²) < 4.78 is 1.73. The van der Waals surface area contributed by atoms with Crippen molar-refractivity contribution in [2.75, 3.05) is 18.0 Å². The molecule has 0 aliphatic carbocycles. The van der Waals surface area contributed by atoms with E-state index in [4.69, 9.17) is 0 Å². The summed E-state index contributed by atoms with van der Waals surface area (Å²) in [6, 6.07) is 9.45. The molecule has 0 radical (unpaired) electrons. The van der Waals surface area contributed by atoms with Crippen LogP contribution in [0.25, 0.3) is 11.3 Å². The molecule has 0 saturated carbocycles. The van der Waals surface area contributed by atoms with E-state index in [0.717, 1.165) is 38.0 Å². The van der Waals surface area contributed by atoms with Gasteiger partial charge in [0.2, 0.25) is 0 Å². The fourth-order valence-electron chi connectivity index (χ4n) is 3.44. The van der Waals surface area contributed by atoms with Crippen LogP contribution in [0.1, 0.15) is 12.8 Å². The summed E-state index contributed by atoms with van der Waals surface area (Å²) in [5, 5.41) is 0. The van der Waals surface area contributed by atoms with Gasteiger partial charge in [-0.15, -0.1) is 0 Å². The minimum atomic E-state index is -0.00424. The Bertz CT molecular complexity index is 902. The Hall–Kier alpha value is -3.02. The van der Waals surface area contributed by atoms with Gasteiger partial charge in [-0.25, -0.2) is 4.98 Å². The van der Waals surface area contributed by atoms with Crippen molar-refractivity contribution in [3.8, 4) is 11.3 Å². The smallest absolute Gasteiger partial charge is 0.253 e. The molecule has 0 amide bonds. The van der Waals surface area contributed by atoms with Crippen LogP contribution in [0.4, 0.5) is 5.69 Å². The van der Waals surface area contributed by atoms with Crippen LogP contribution in [0.15, 0.2) is 66.2 Å². The van der Waals surface area contributed by atoms with Gasteiger partial charge in [0.1, 0.15) is 0 Å². The largest absolute Gasteiger partial charge is 0.371 e. The van der Waals surface area contributed by atoms with Gasteiger partial charge in [-0.3, -0.25) is 19.3 Å². The lowest BCUT2D eigenvalue weighted by molar-refractivity contribution is 0.351. The Morgan fingerprint density at radius 3 is 2.54 bits per heavy atom. The zero-order valence-corrected chi connectivity index (χ0v) is 14.5. The molecule has 6 nitrogen and oxygen atoms in total. The third-order valence-corrected chi connectivity index (χ3v) is 4.93. The van der Waals surface area contributed by atoms with Gasteiger partial charge in [0, 0.05) is 61.7 Å². The van der Waals surface area contributed by atoms with E-state index < -0.39 is 0 Å². The normalized spacial score (nSPS) is 15.2. The molecule has 1 aliphatic heterocycles. The maximum atomic E-state index is 12.5. The Morgan fingerprint density at radius 2 is 1.85 bits per heavy atom. The first-order chi connectivity index (χ1) is 12.8. The molecule has 132 valence electrons. The average molecular weight is 347 g/mol. The summed E-state index contributed by atoms with van der Waals surface area (Å²) in [6.45, 7) is 2.73. The van der Waals surface area contributed by atoms with Crippen molar-refractivity contribution in [1.29, 1.82) is 0 Å². The second-order valence-corrected chi connectivity index (χ2v) is 6.64. The Morgan fingerprint density at radius 1 is 1.04 bits per heavy atom. The number of rotatable bonds is 4. The molecule has 6 heteroatoms. The van der Waals surface area contributed by atoms with Gasteiger partial charge in [-0.05, 0) is 43.0 Å². The van der Waals surface area contributed by atoms with Crippen LogP contribution in [-0.2, 0) is 6.54 Å². The molecule has 0 spiro atoms. The minimum Gasteiger partial charge on any atom is -0.371 e. The highest BCUT2D eigenvalue weighted by Gasteiger charge is 2.20. The first-order valence-electron chi connectivity index (χ1n) is 8.91. The maximum Gasteiger partial charge on any atom is 0.253 e. The summed E-state index contributed by atoms with van der Waals surface area (Å²) >= 11 is 0. The summed E-state index contributed by atoms with van der Waals surface area (Å²) in [5.74, 6) is 0.497. The number of pyridine rings is 2. The number of nitrogens with zero attached hydrogens (tertiary/aromatic N) is 5. The molecule has 0 unspecified atom stereocenters. The van der Waals surface area contributed by atoms with E-state index in [9.17, 15) is 4.79 Å². The standard InChI is InChI=1S/C20H21N5O/c26-20-12-19(17-2-1-7-22-13-17)23-15-25(20)14-16-5-10-24(11-6-16)18-3-8-21-9-4-18/h1-4,7-9,12-13,15-16H,5-6,10-11,14H2. The third kappa shape index (κ3) is 3.64. The zero-order chi connectivity index (χ0) is 17.8. The topological polar surface area (TPSA) is 63.9 Å². The van der Waals surface area contributed by atoms with Crippen molar-refractivity contribution in [3.63, 3.8) is 0 Å². The predicted molar refractivity (Wildman–Crippen MR) is 101 cm³/mol. The van der Waals surface area contributed by atoms with E-state index in [1.165, 1.54) is 5.69 Å². The molecule has 0 aromatic carbocycles. The molecule has 0 N–H and O–H groups in total. The van der Waals surface area contributed by atoms with E-state index in [0.29, 0.717) is 11.6 Å². The van der Waals surface area contributed by atoms with Crippen LogP contribution < -0.4 is 10.5 Å². The molecule has 4 heterocycles. The lowest BCUT2D eigenvalue weighted by atomic mass is 9.96. The second-order valence-electron chi connectivity index (χ2n) is 6.64. The highest BCUT2D eigenvalue weighted by atomic mass is 16.1. The van der Waals surface area contributed by atoms with Crippen molar-refractivity contribution >= 4 is 5.69 Å². The molecule has 1 aliphatic rings. The Balaban J connectivity index is 1.40. The molecule has 3 aromatic rings. The minimum absolute atomic E-state index is 0.00424. The van der Waals surface area contributed by atoms with Gasteiger partial charge in [-0.1, -0.05) is 0 Å². The molecule has 4 rings (SSSR count). The van der Waals surface area contributed by atoms with Gasteiger partial charge in [0.15, 0.2) is 0 Å². The van der Waals surface area contributed by atoms with Crippen molar-refractivity contribution < 1.29 is 0 Å². The van der Waals surface area contributed by atoms with Crippen molar-refractivity contribution in [2.45, 2.75) is 19.4 Å². The lowest BCUT2D eigenvalue weighted by Crippen LogP contribution is -2.36. The molecular formula is C20H21N5O. The van der Waals surface area contributed by atoms with Crippen molar-refractivity contribution in [2.24, 2.45) is 5.92 Å². The fraction of sp³-hybridized carbons (Fsp3) is 0.300. The predicted octanol–water partition coefficient (Wildman–Crippen LogP) is 2.62. The molecular weight excluding hydrogens is 326 g/mol. The van der Waals surface area contributed by atoms with Crippen molar-refractivity contribution in [3.05, 3.63) is 71.8 Å². The van der Waals surface area contributed by atoms with E-state index in [1.54, 1.807) is 29.4 Å². The quantitative estimate of drug-likeness (QED) is 0.726. The third-order valence-electron chi connectivity index (χ3n) is 4.93. The van der Waals surface area contributed by atoms with Crippen LogP contribution in [0, 0.1) is 5.92 Å². The van der Waals surface area contributed by atoms with Crippen LogP contribution in [0.5, 0.6) is 0 Å². The van der Waals surface area contributed by atoms with E-state index in [1.807, 2.05) is 36.7 Å². The number of hydrogen-bond donors (Lipinski definition) is 0. The summed E-state index contributed by atoms with van der Waals surface area (Å²) in [5.41, 5.74) is 2.75. The second kappa shape index (κ2) is 7.47.